The van der Waals surface area contributed by atoms with Gasteiger partial charge in [-0.2, -0.15) is 13.2 Å². The fourth-order valence-electron chi connectivity index (χ4n) is 1.16. The molecule has 106 valence electrons. The summed E-state index contributed by atoms with van der Waals surface area (Å²) in [6.07, 6.45) is -4.44. The molecule has 18 heavy (non-hydrogen) atoms. The van der Waals surface area contributed by atoms with E-state index >= 15 is 0 Å². The number of likely N-dealkylation sites (N-methyl/N-ethyl adjacent to an activating group) is 2. The molecule has 7 heteroatoms. The largest absolute Gasteiger partial charge is 0.416 e. The van der Waals surface area contributed by atoms with E-state index in [-0.39, 0.29) is 6.54 Å². The summed E-state index contributed by atoms with van der Waals surface area (Å²) >= 11 is 0. The second-order valence-corrected chi connectivity index (χ2v) is 4.10. The van der Waals surface area contributed by atoms with Crippen LogP contribution in [0.3, 0.4) is 0 Å². The van der Waals surface area contributed by atoms with Crippen LogP contribution in [0.2, 0.25) is 0 Å². The summed E-state index contributed by atoms with van der Waals surface area (Å²) < 4.78 is 36.5. The number of aliphatic hydroxyl groups is 1. The Morgan fingerprint density at radius 3 is 2.33 bits per heavy atom. The average molecular weight is 268 g/mol. The highest BCUT2D eigenvalue weighted by molar-refractivity contribution is 5.87. The highest BCUT2D eigenvalue weighted by atomic mass is 19.4. The van der Waals surface area contributed by atoms with Crippen molar-refractivity contribution in [2.24, 2.45) is 0 Å². The molecule has 0 aromatic carbocycles. The number of alkyl halides is 3. The SMILES string of the molecule is CCN(CC(O)C(F)(F)F)C(=O)/C=C/CN(C)C. The van der Waals surface area contributed by atoms with Crippen LogP contribution in [0, 0.1) is 0 Å². The lowest BCUT2D eigenvalue weighted by molar-refractivity contribution is -0.207. The molecule has 0 aliphatic heterocycles. The third-order valence-corrected chi connectivity index (χ3v) is 2.20. The van der Waals surface area contributed by atoms with Crippen LogP contribution in [-0.4, -0.2) is 66.8 Å². The van der Waals surface area contributed by atoms with Crippen LogP contribution in [-0.2, 0) is 4.79 Å². The number of hydrogen-bond acceptors (Lipinski definition) is 3. The van der Waals surface area contributed by atoms with Crippen molar-refractivity contribution >= 4 is 5.91 Å². The monoisotopic (exact) mass is 268 g/mol. The van der Waals surface area contributed by atoms with E-state index in [1.54, 1.807) is 27.1 Å². The molecule has 0 rings (SSSR count). The standard InChI is InChI=1S/C11H19F3N2O2/c1-4-16(8-9(17)11(12,13)14)10(18)6-5-7-15(2)3/h5-6,9,17H,4,7-8H2,1-3H3/b6-5+. The molecule has 0 spiro atoms. The minimum absolute atomic E-state index is 0.109. The lowest BCUT2D eigenvalue weighted by atomic mass is 10.3. The topological polar surface area (TPSA) is 43.8 Å². The molecule has 0 fully saturated rings. The van der Waals surface area contributed by atoms with Crippen molar-refractivity contribution in [2.45, 2.75) is 19.2 Å². The first-order valence-corrected chi connectivity index (χ1v) is 5.53. The van der Waals surface area contributed by atoms with Gasteiger partial charge in [-0.05, 0) is 21.0 Å². The minimum atomic E-state index is -4.71. The van der Waals surface area contributed by atoms with E-state index < -0.39 is 24.7 Å². The van der Waals surface area contributed by atoms with Gasteiger partial charge in [0.2, 0.25) is 5.91 Å². The third-order valence-electron chi connectivity index (χ3n) is 2.20. The first-order chi connectivity index (χ1) is 8.18. The number of aliphatic hydroxyl groups excluding tert-OH is 1. The predicted octanol–water partition coefficient (Wildman–Crippen LogP) is 0.876. The van der Waals surface area contributed by atoms with E-state index in [9.17, 15) is 18.0 Å². The van der Waals surface area contributed by atoms with Gasteiger partial charge in [0.1, 0.15) is 0 Å². The molecule has 0 aliphatic rings. The summed E-state index contributed by atoms with van der Waals surface area (Å²) in [6.45, 7) is 1.44. The number of halogens is 3. The number of rotatable bonds is 6. The molecule has 0 saturated heterocycles. The highest BCUT2D eigenvalue weighted by Crippen LogP contribution is 2.20. The van der Waals surface area contributed by atoms with Crippen LogP contribution in [0.25, 0.3) is 0 Å². The van der Waals surface area contributed by atoms with Crippen LogP contribution < -0.4 is 0 Å². The van der Waals surface area contributed by atoms with E-state index in [0.717, 1.165) is 4.90 Å². The molecule has 0 radical (unpaired) electrons. The molecule has 0 bridgehead atoms. The molecule has 4 nitrogen and oxygen atoms in total. The van der Waals surface area contributed by atoms with Crippen LogP contribution in [0.15, 0.2) is 12.2 Å². The maximum Gasteiger partial charge on any atom is 0.416 e. The molecule has 0 aromatic heterocycles. The van der Waals surface area contributed by atoms with Gasteiger partial charge in [-0.3, -0.25) is 4.79 Å². The Hall–Kier alpha value is -1.08. The van der Waals surface area contributed by atoms with Gasteiger partial charge in [0, 0.05) is 19.2 Å². The van der Waals surface area contributed by atoms with Crippen LogP contribution in [0.1, 0.15) is 6.92 Å². The number of carbonyl (C=O) groups is 1. The van der Waals surface area contributed by atoms with E-state index in [0.29, 0.717) is 6.54 Å². The zero-order valence-electron chi connectivity index (χ0n) is 10.7. The average Bonchev–Trinajstić information content (AvgIpc) is 2.23. The molecular weight excluding hydrogens is 249 g/mol. The fraction of sp³-hybridized carbons (Fsp3) is 0.727. The second kappa shape index (κ2) is 7.38. The van der Waals surface area contributed by atoms with Crippen LogP contribution in [0.4, 0.5) is 13.2 Å². The van der Waals surface area contributed by atoms with Crippen molar-refractivity contribution in [3.63, 3.8) is 0 Å². The molecule has 0 heterocycles. The van der Waals surface area contributed by atoms with E-state index in [2.05, 4.69) is 0 Å². The Labute approximate surface area is 105 Å². The maximum absolute atomic E-state index is 12.2. The second-order valence-electron chi connectivity index (χ2n) is 4.10. The number of hydrogen-bond donors (Lipinski definition) is 1. The molecule has 1 N–H and O–H groups in total. The Morgan fingerprint density at radius 2 is 1.94 bits per heavy atom. The van der Waals surface area contributed by atoms with Gasteiger partial charge in [-0.15, -0.1) is 0 Å². The van der Waals surface area contributed by atoms with Gasteiger partial charge in [0.25, 0.3) is 0 Å². The van der Waals surface area contributed by atoms with Crippen molar-refractivity contribution in [3.05, 3.63) is 12.2 Å². The summed E-state index contributed by atoms with van der Waals surface area (Å²) in [5.74, 6) is -0.539. The van der Waals surface area contributed by atoms with Crippen molar-refractivity contribution in [1.29, 1.82) is 0 Å². The Balaban J connectivity index is 4.41. The van der Waals surface area contributed by atoms with E-state index in [4.69, 9.17) is 5.11 Å². The molecule has 0 saturated carbocycles. The smallest absolute Gasteiger partial charge is 0.382 e. The third kappa shape index (κ3) is 6.61. The minimum Gasteiger partial charge on any atom is -0.382 e. The van der Waals surface area contributed by atoms with Gasteiger partial charge < -0.3 is 14.9 Å². The fourth-order valence-corrected chi connectivity index (χ4v) is 1.16. The van der Waals surface area contributed by atoms with Crippen molar-refractivity contribution in [3.8, 4) is 0 Å². The Bertz CT molecular complexity index is 291. The first kappa shape index (κ1) is 16.9. The zero-order valence-corrected chi connectivity index (χ0v) is 10.7. The van der Waals surface area contributed by atoms with E-state index in [1.807, 2.05) is 4.90 Å². The molecule has 1 amide bonds. The predicted molar refractivity (Wildman–Crippen MR) is 62.0 cm³/mol. The van der Waals surface area contributed by atoms with Crippen LogP contribution in [0.5, 0.6) is 0 Å². The highest BCUT2D eigenvalue weighted by Gasteiger charge is 2.39. The number of nitrogens with zero attached hydrogens (tertiary/aromatic N) is 2. The lowest BCUT2D eigenvalue weighted by Crippen LogP contribution is -2.43. The summed E-state index contributed by atoms with van der Waals surface area (Å²) in [4.78, 5) is 14.3. The molecular formula is C11H19F3N2O2. The van der Waals surface area contributed by atoms with Crippen molar-refractivity contribution in [2.75, 3.05) is 33.7 Å². The summed E-state index contributed by atoms with van der Waals surface area (Å²) in [5.41, 5.74) is 0. The normalized spacial score (nSPS) is 14.2. The molecule has 1 atom stereocenters. The van der Waals surface area contributed by atoms with Gasteiger partial charge in [-0.1, -0.05) is 6.08 Å². The van der Waals surface area contributed by atoms with Crippen molar-refractivity contribution in [1.82, 2.24) is 9.80 Å². The van der Waals surface area contributed by atoms with Gasteiger partial charge in [0.05, 0.1) is 6.54 Å². The molecule has 0 aromatic rings. The number of amides is 1. The van der Waals surface area contributed by atoms with Crippen molar-refractivity contribution < 1.29 is 23.1 Å². The van der Waals surface area contributed by atoms with Gasteiger partial charge >= 0.3 is 6.18 Å². The van der Waals surface area contributed by atoms with Gasteiger partial charge in [0.15, 0.2) is 6.10 Å². The summed E-state index contributed by atoms with van der Waals surface area (Å²) in [7, 11) is 3.61. The Kier molecular flexibility index (Phi) is 6.93. The maximum atomic E-state index is 12.2. The molecule has 0 aliphatic carbocycles. The lowest BCUT2D eigenvalue weighted by Gasteiger charge is -2.24. The summed E-state index contributed by atoms with van der Waals surface area (Å²) in [6, 6.07) is 0. The zero-order chi connectivity index (χ0) is 14.3. The van der Waals surface area contributed by atoms with Gasteiger partial charge in [-0.25, -0.2) is 0 Å². The number of carbonyl (C=O) groups excluding carboxylic acids is 1. The molecule has 1 unspecified atom stereocenters. The Morgan fingerprint density at radius 1 is 1.39 bits per heavy atom. The first-order valence-electron chi connectivity index (χ1n) is 5.53. The summed E-state index contributed by atoms with van der Waals surface area (Å²) in [5, 5.41) is 8.90. The van der Waals surface area contributed by atoms with Crippen LogP contribution >= 0.6 is 0 Å². The quantitative estimate of drug-likeness (QED) is 0.727. The van der Waals surface area contributed by atoms with E-state index in [1.165, 1.54) is 6.08 Å².